The average molecular weight is 471 g/mol. The molecule has 0 aliphatic rings. The number of carbonyl (C=O) groups excluding carboxylic acids is 2. The molecule has 6 N–H and O–H groups in total. The Balaban J connectivity index is 1.52. The van der Waals surface area contributed by atoms with Crippen molar-refractivity contribution < 1.29 is 9.59 Å². The van der Waals surface area contributed by atoms with Crippen molar-refractivity contribution in [3.8, 4) is 0 Å². The SMILES string of the molecule is Cc1nc(N)ccc1CNC(=O)Cn1ccnc(NNC(=O)NCc2ccccc2Cl)c1=O. The number of rotatable bonds is 8. The molecule has 0 bridgehead atoms. The lowest BCUT2D eigenvalue weighted by Crippen LogP contribution is -2.41. The molecule has 0 unspecified atom stereocenters. The van der Waals surface area contributed by atoms with Crippen LogP contribution in [-0.2, 0) is 24.4 Å². The topological polar surface area (TPSA) is 156 Å². The largest absolute Gasteiger partial charge is 0.384 e. The van der Waals surface area contributed by atoms with E-state index in [1.165, 1.54) is 17.0 Å². The van der Waals surface area contributed by atoms with E-state index in [2.05, 4.69) is 31.5 Å². The lowest BCUT2D eigenvalue weighted by Gasteiger charge is -2.12. The number of hydrazine groups is 1. The second kappa shape index (κ2) is 11.0. The molecule has 3 rings (SSSR count). The summed E-state index contributed by atoms with van der Waals surface area (Å²) in [5.41, 5.74) is 12.1. The molecule has 12 heteroatoms. The quantitative estimate of drug-likeness (QED) is 0.311. The van der Waals surface area contributed by atoms with Gasteiger partial charge in [-0.1, -0.05) is 35.9 Å². The van der Waals surface area contributed by atoms with Crippen LogP contribution >= 0.6 is 11.6 Å². The Morgan fingerprint density at radius 1 is 1.09 bits per heavy atom. The van der Waals surface area contributed by atoms with Gasteiger partial charge in [0.1, 0.15) is 12.4 Å². The first kappa shape index (κ1) is 23.5. The number of nitrogen functional groups attached to an aromatic ring is 1. The first-order valence-corrected chi connectivity index (χ1v) is 10.3. The molecule has 0 aliphatic carbocycles. The molecule has 172 valence electrons. The Kier molecular flexibility index (Phi) is 7.82. The van der Waals surface area contributed by atoms with Crippen LogP contribution in [-0.4, -0.2) is 26.5 Å². The molecule has 1 aromatic carbocycles. The van der Waals surface area contributed by atoms with Crippen molar-refractivity contribution in [1.29, 1.82) is 0 Å². The van der Waals surface area contributed by atoms with Gasteiger partial charge in [-0.25, -0.2) is 14.8 Å². The van der Waals surface area contributed by atoms with Crippen LogP contribution < -0.4 is 32.8 Å². The summed E-state index contributed by atoms with van der Waals surface area (Å²) in [5, 5.41) is 5.86. The molecule has 0 saturated heterocycles. The number of halogens is 1. The van der Waals surface area contributed by atoms with Gasteiger partial charge in [0.15, 0.2) is 0 Å². The third kappa shape index (κ3) is 6.68. The number of benzene rings is 1. The Labute approximate surface area is 194 Å². The van der Waals surface area contributed by atoms with Crippen LogP contribution in [0.2, 0.25) is 5.02 Å². The van der Waals surface area contributed by atoms with Crippen molar-refractivity contribution in [2.75, 3.05) is 11.2 Å². The maximum absolute atomic E-state index is 12.6. The Bertz CT molecular complexity index is 1210. The molecule has 0 fully saturated rings. The van der Waals surface area contributed by atoms with E-state index in [1.807, 2.05) is 0 Å². The standard InChI is InChI=1S/C21H23ClN8O3/c1-13-14(6-7-17(23)27-13)10-25-18(31)12-30-9-8-24-19(20(30)32)28-29-21(33)26-11-15-4-2-3-5-16(15)22/h2-9H,10-12H2,1H3,(H2,23,27)(H,24,28)(H,25,31)(H2,26,29,33). The molecule has 0 aliphatic heterocycles. The third-order valence-electron chi connectivity index (χ3n) is 4.61. The molecule has 11 nitrogen and oxygen atoms in total. The number of aromatic nitrogens is 3. The number of urea groups is 1. The van der Waals surface area contributed by atoms with E-state index in [0.29, 0.717) is 16.5 Å². The Morgan fingerprint density at radius 3 is 2.61 bits per heavy atom. The lowest BCUT2D eigenvalue weighted by molar-refractivity contribution is -0.121. The van der Waals surface area contributed by atoms with Gasteiger partial charge < -0.3 is 20.9 Å². The van der Waals surface area contributed by atoms with Crippen LogP contribution in [0.1, 0.15) is 16.8 Å². The number of hydrogen-bond donors (Lipinski definition) is 5. The second-order valence-electron chi connectivity index (χ2n) is 6.99. The van der Waals surface area contributed by atoms with Crippen LogP contribution in [0.5, 0.6) is 0 Å². The summed E-state index contributed by atoms with van der Waals surface area (Å²) < 4.78 is 1.17. The van der Waals surface area contributed by atoms with Gasteiger partial charge in [-0.05, 0) is 30.2 Å². The molecule has 0 radical (unpaired) electrons. The summed E-state index contributed by atoms with van der Waals surface area (Å²) in [6.07, 6.45) is 2.72. The minimum Gasteiger partial charge on any atom is -0.384 e. The predicted molar refractivity (Wildman–Crippen MR) is 124 cm³/mol. The molecule has 0 spiro atoms. The van der Waals surface area contributed by atoms with Crippen molar-refractivity contribution in [2.24, 2.45) is 0 Å². The summed E-state index contributed by atoms with van der Waals surface area (Å²) >= 11 is 6.05. The fraction of sp³-hybridized carbons (Fsp3) is 0.190. The van der Waals surface area contributed by atoms with Crippen molar-refractivity contribution in [2.45, 2.75) is 26.6 Å². The van der Waals surface area contributed by atoms with Gasteiger partial charge in [0, 0.05) is 36.2 Å². The molecular formula is C21H23ClN8O3. The maximum Gasteiger partial charge on any atom is 0.333 e. The highest BCUT2D eigenvalue weighted by Crippen LogP contribution is 2.14. The highest BCUT2D eigenvalue weighted by Gasteiger charge is 2.10. The monoisotopic (exact) mass is 470 g/mol. The number of nitrogens with two attached hydrogens (primary N) is 1. The number of anilines is 2. The molecule has 2 aromatic heterocycles. The van der Waals surface area contributed by atoms with E-state index in [0.717, 1.165) is 11.1 Å². The number of amides is 3. The molecule has 33 heavy (non-hydrogen) atoms. The second-order valence-corrected chi connectivity index (χ2v) is 7.40. The fourth-order valence-corrected chi connectivity index (χ4v) is 3.04. The van der Waals surface area contributed by atoms with Crippen molar-refractivity contribution >= 4 is 35.2 Å². The van der Waals surface area contributed by atoms with Gasteiger partial charge in [0.05, 0.1) is 0 Å². The number of pyridine rings is 1. The molecule has 0 atom stereocenters. The van der Waals surface area contributed by atoms with Gasteiger partial charge in [-0.3, -0.25) is 20.4 Å². The molecule has 3 amide bonds. The van der Waals surface area contributed by atoms with Gasteiger partial charge >= 0.3 is 6.03 Å². The van der Waals surface area contributed by atoms with Crippen LogP contribution in [0, 0.1) is 6.92 Å². The van der Waals surface area contributed by atoms with Gasteiger partial charge in [-0.15, -0.1) is 0 Å². The molecule has 3 aromatic rings. The summed E-state index contributed by atoms with van der Waals surface area (Å²) in [4.78, 5) is 44.9. The Morgan fingerprint density at radius 2 is 1.85 bits per heavy atom. The summed E-state index contributed by atoms with van der Waals surface area (Å²) in [7, 11) is 0. The van der Waals surface area contributed by atoms with Gasteiger partial charge in [0.2, 0.25) is 11.7 Å². The lowest BCUT2D eigenvalue weighted by atomic mass is 10.2. The van der Waals surface area contributed by atoms with Crippen LogP contribution in [0.15, 0.2) is 53.6 Å². The summed E-state index contributed by atoms with van der Waals surface area (Å²) in [6, 6.07) is 9.93. The zero-order valence-electron chi connectivity index (χ0n) is 17.8. The van der Waals surface area contributed by atoms with Crippen LogP contribution in [0.25, 0.3) is 0 Å². The predicted octanol–water partition coefficient (Wildman–Crippen LogP) is 1.33. The first-order chi connectivity index (χ1) is 15.8. The van der Waals surface area contributed by atoms with Crippen LogP contribution in [0.3, 0.4) is 0 Å². The third-order valence-corrected chi connectivity index (χ3v) is 4.98. The van der Waals surface area contributed by atoms with Crippen molar-refractivity contribution in [3.05, 3.63) is 81.0 Å². The van der Waals surface area contributed by atoms with Gasteiger partial charge in [-0.2, -0.15) is 0 Å². The Hall–Kier alpha value is -4.12. The van der Waals surface area contributed by atoms with E-state index in [9.17, 15) is 14.4 Å². The van der Waals surface area contributed by atoms with E-state index in [1.54, 1.807) is 43.3 Å². The van der Waals surface area contributed by atoms with E-state index in [-0.39, 0.29) is 31.4 Å². The first-order valence-electron chi connectivity index (χ1n) is 9.91. The summed E-state index contributed by atoms with van der Waals surface area (Å²) in [5.74, 6) is -0.121. The fourth-order valence-electron chi connectivity index (χ4n) is 2.84. The number of nitrogens with zero attached hydrogens (tertiary/aromatic N) is 3. The van der Waals surface area contributed by atoms with Crippen molar-refractivity contribution in [3.63, 3.8) is 0 Å². The number of hydrogen-bond acceptors (Lipinski definition) is 7. The molecular weight excluding hydrogens is 448 g/mol. The molecule has 0 saturated carbocycles. The normalized spacial score (nSPS) is 10.4. The minimum absolute atomic E-state index is 0.142. The van der Waals surface area contributed by atoms with Crippen LogP contribution in [0.4, 0.5) is 16.4 Å². The molecule has 2 heterocycles. The smallest absolute Gasteiger partial charge is 0.333 e. The zero-order chi connectivity index (χ0) is 23.8. The van der Waals surface area contributed by atoms with E-state index >= 15 is 0 Å². The number of nitrogens with one attached hydrogen (secondary N) is 4. The highest BCUT2D eigenvalue weighted by atomic mass is 35.5. The highest BCUT2D eigenvalue weighted by molar-refractivity contribution is 6.31. The van der Waals surface area contributed by atoms with Gasteiger partial charge in [0.25, 0.3) is 5.56 Å². The number of carbonyl (C=O) groups is 2. The number of aryl methyl sites for hydroxylation is 1. The van der Waals surface area contributed by atoms with Crippen molar-refractivity contribution in [1.82, 2.24) is 30.6 Å². The zero-order valence-corrected chi connectivity index (χ0v) is 18.5. The average Bonchev–Trinajstić information content (AvgIpc) is 2.78. The maximum atomic E-state index is 12.6. The minimum atomic E-state index is -0.586. The van der Waals surface area contributed by atoms with E-state index < -0.39 is 11.6 Å². The van der Waals surface area contributed by atoms with E-state index in [4.69, 9.17) is 17.3 Å². The summed E-state index contributed by atoms with van der Waals surface area (Å²) in [6.45, 7) is 2.01.